The fourth-order valence-electron chi connectivity index (χ4n) is 1.60. The number of rotatable bonds is 4. The lowest BCUT2D eigenvalue weighted by molar-refractivity contribution is -0.140. The molecule has 98 valence electrons. The average Bonchev–Trinajstić information content (AvgIpc) is 2.28. The molecule has 1 aromatic carbocycles. The van der Waals surface area contributed by atoms with Crippen molar-refractivity contribution < 1.29 is 14.7 Å². The Hall–Kier alpha value is -2.04. The van der Waals surface area contributed by atoms with Crippen LogP contribution < -0.4 is 11.1 Å². The second kappa shape index (κ2) is 5.53. The molecule has 0 aromatic heterocycles. The van der Waals surface area contributed by atoms with E-state index in [1.54, 1.807) is 32.0 Å². The summed E-state index contributed by atoms with van der Waals surface area (Å²) in [7, 11) is 0. The molecule has 5 heteroatoms. The SMILES string of the molecule is Cc1ccc(N)c(C(=O)N[C@@H](C(=O)O)C(C)C)c1. The second-order valence-corrected chi connectivity index (χ2v) is 4.62. The van der Waals surface area contributed by atoms with E-state index in [4.69, 9.17) is 10.8 Å². The summed E-state index contributed by atoms with van der Waals surface area (Å²) in [5.74, 6) is -1.71. The van der Waals surface area contributed by atoms with Crippen LogP contribution in [-0.2, 0) is 4.79 Å². The summed E-state index contributed by atoms with van der Waals surface area (Å²) in [5, 5.41) is 11.5. The highest BCUT2D eigenvalue weighted by atomic mass is 16.4. The average molecular weight is 250 g/mol. The van der Waals surface area contributed by atoms with E-state index in [-0.39, 0.29) is 5.92 Å². The number of carbonyl (C=O) groups excluding carboxylic acids is 1. The standard InChI is InChI=1S/C13H18N2O3/c1-7(2)11(13(17)18)15-12(16)9-6-8(3)4-5-10(9)14/h4-7,11H,14H2,1-3H3,(H,15,16)(H,17,18)/t11-/m1/s1. The van der Waals surface area contributed by atoms with E-state index >= 15 is 0 Å². The van der Waals surface area contributed by atoms with Crippen molar-refractivity contribution in [2.75, 3.05) is 5.73 Å². The molecule has 0 saturated carbocycles. The van der Waals surface area contributed by atoms with E-state index in [0.29, 0.717) is 11.3 Å². The van der Waals surface area contributed by atoms with E-state index in [2.05, 4.69) is 5.32 Å². The van der Waals surface area contributed by atoms with E-state index < -0.39 is 17.9 Å². The molecule has 4 N–H and O–H groups in total. The Balaban J connectivity index is 2.94. The summed E-state index contributed by atoms with van der Waals surface area (Å²) >= 11 is 0. The maximum atomic E-state index is 12.0. The molecule has 18 heavy (non-hydrogen) atoms. The molecule has 0 radical (unpaired) electrons. The molecule has 1 atom stereocenters. The van der Waals surface area contributed by atoms with Crippen LogP contribution in [0.15, 0.2) is 18.2 Å². The number of nitrogens with one attached hydrogen (secondary N) is 1. The fourth-order valence-corrected chi connectivity index (χ4v) is 1.60. The lowest BCUT2D eigenvalue weighted by Gasteiger charge is -2.18. The third-order valence-corrected chi connectivity index (χ3v) is 2.67. The van der Waals surface area contributed by atoms with E-state index in [9.17, 15) is 9.59 Å². The van der Waals surface area contributed by atoms with Gasteiger partial charge in [-0.3, -0.25) is 4.79 Å². The summed E-state index contributed by atoms with van der Waals surface area (Å²) in [6.07, 6.45) is 0. The van der Waals surface area contributed by atoms with Crippen molar-refractivity contribution in [1.82, 2.24) is 5.32 Å². The summed E-state index contributed by atoms with van der Waals surface area (Å²) in [6.45, 7) is 5.31. The number of carboxylic acids is 1. The van der Waals surface area contributed by atoms with Gasteiger partial charge in [0.25, 0.3) is 5.91 Å². The molecular formula is C13H18N2O3. The van der Waals surface area contributed by atoms with Gasteiger partial charge in [-0.15, -0.1) is 0 Å². The zero-order valence-corrected chi connectivity index (χ0v) is 10.7. The monoisotopic (exact) mass is 250 g/mol. The van der Waals surface area contributed by atoms with Gasteiger partial charge in [0.2, 0.25) is 0 Å². The van der Waals surface area contributed by atoms with E-state index in [1.807, 2.05) is 6.92 Å². The molecule has 0 bridgehead atoms. The van der Waals surface area contributed by atoms with Gasteiger partial charge in [0.05, 0.1) is 5.56 Å². The number of hydrogen-bond acceptors (Lipinski definition) is 3. The predicted octanol–water partition coefficient (Wildman–Crippen LogP) is 1.42. The number of nitrogens with two attached hydrogens (primary N) is 1. The predicted molar refractivity (Wildman–Crippen MR) is 69.3 cm³/mol. The maximum absolute atomic E-state index is 12.0. The Morgan fingerprint density at radius 2 is 1.94 bits per heavy atom. The Morgan fingerprint density at radius 1 is 1.33 bits per heavy atom. The molecule has 1 amide bonds. The lowest BCUT2D eigenvalue weighted by Crippen LogP contribution is -2.44. The molecule has 0 aliphatic heterocycles. The summed E-state index contributed by atoms with van der Waals surface area (Å²) < 4.78 is 0. The molecule has 1 aromatic rings. The number of nitrogen functional groups attached to an aromatic ring is 1. The molecule has 0 heterocycles. The molecule has 0 fully saturated rings. The number of benzene rings is 1. The fraction of sp³-hybridized carbons (Fsp3) is 0.385. The van der Waals surface area contributed by atoms with Crippen molar-refractivity contribution in [3.05, 3.63) is 29.3 Å². The minimum atomic E-state index is -1.05. The molecule has 0 unspecified atom stereocenters. The zero-order valence-electron chi connectivity index (χ0n) is 10.7. The first kappa shape index (κ1) is 14.0. The molecule has 0 aliphatic rings. The van der Waals surface area contributed by atoms with Crippen molar-refractivity contribution in [2.24, 2.45) is 5.92 Å². The number of amides is 1. The highest BCUT2D eigenvalue weighted by Crippen LogP contribution is 2.14. The van der Waals surface area contributed by atoms with Crippen molar-refractivity contribution in [2.45, 2.75) is 26.8 Å². The second-order valence-electron chi connectivity index (χ2n) is 4.62. The minimum absolute atomic E-state index is 0.197. The van der Waals surface area contributed by atoms with Crippen LogP contribution in [0.5, 0.6) is 0 Å². The minimum Gasteiger partial charge on any atom is -0.480 e. The van der Waals surface area contributed by atoms with Crippen LogP contribution in [0.4, 0.5) is 5.69 Å². The van der Waals surface area contributed by atoms with Gasteiger partial charge in [-0.1, -0.05) is 25.5 Å². The van der Waals surface area contributed by atoms with Gasteiger partial charge in [0, 0.05) is 5.69 Å². The first-order valence-corrected chi connectivity index (χ1v) is 5.72. The van der Waals surface area contributed by atoms with E-state index in [0.717, 1.165) is 5.56 Å². The molecule has 1 rings (SSSR count). The number of aliphatic carboxylic acids is 1. The quantitative estimate of drug-likeness (QED) is 0.704. The van der Waals surface area contributed by atoms with E-state index in [1.165, 1.54) is 0 Å². The van der Waals surface area contributed by atoms with Gasteiger partial charge in [-0.25, -0.2) is 4.79 Å². The Kier molecular flexibility index (Phi) is 4.31. The summed E-state index contributed by atoms with van der Waals surface area (Å²) in [6, 6.07) is 4.15. The van der Waals surface area contributed by atoms with Gasteiger partial charge in [-0.05, 0) is 25.0 Å². The van der Waals surface area contributed by atoms with Gasteiger partial charge < -0.3 is 16.2 Å². The topological polar surface area (TPSA) is 92.4 Å². The first-order chi connectivity index (χ1) is 8.32. The van der Waals surface area contributed by atoms with Crippen molar-refractivity contribution in [3.63, 3.8) is 0 Å². The van der Waals surface area contributed by atoms with Crippen LogP contribution >= 0.6 is 0 Å². The highest BCUT2D eigenvalue weighted by Gasteiger charge is 2.24. The molecule has 5 nitrogen and oxygen atoms in total. The number of anilines is 1. The number of carboxylic acid groups (broad SMARTS) is 1. The molecule has 0 saturated heterocycles. The number of aryl methyl sites for hydroxylation is 1. The first-order valence-electron chi connectivity index (χ1n) is 5.72. The molecule has 0 spiro atoms. The molecular weight excluding hydrogens is 232 g/mol. The summed E-state index contributed by atoms with van der Waals surface area (Å²) in [5.41, 5.74) is 7.25. The van der Waals surface area contributed by atoms with Crippen LogP contribution in [0, 0.1) is 12.8 Å². The van der Waals surface area contributed by atoms with Crippen molar-refractivity contribution in [3.8, 4) is 0 Å². The number of carbonyl (C=O) groups is 2. The summed E-state index contributed by atoms with van der Waals surface area (Å²) in [4.78, 5) is 23.0. The zero-order chi connectivity index (χ0) is 13.9. The van der Waals surface area contributed by atoms with Crippen LogP contribution in [0.25, 0.3) is 0 Å². The highest BCUT2D eigenvalue weighted by molar-refractivity contribution is 6.01. The van der Waals surface area contributed by atoms with Gasteiger partial charge in [0.1, 0.15) is 6.04 Å². The smallest absolute Gasteiger partial charge is 0.326 e. The normalized spacial score (nSPS) is 12.2. The van der Waals surface area contributed by atoms with Crippen molar-refractivity contribution in [1.29, 1.82) is 0 Å². The Morgan fingerprint density at radius 3 is 2.44 bits per heavy atom. The lowest BCUT2D eigenvalue weighted by atomic mass is 10.0. The van der Waals surface area contributed by atoms with Gasteiger partial charge in [-0.2, -0.15) is 0 Å². The van der Waals surface area contributed by atoms with Gasteiger partial charge >= 0.3 is 5.97 Å². The number of hydrogen-bond donors (Lipinski definition) is 3. The molecule has 0 aliphatic carbocycles. The Labute approximate surface area is 106 Å². The third kappa shape index (κ3) is 3.23. The largest absolute Gasteiger partial charge is 0.480 e. The van der Waals surface area contributed by atoms with Crippen molar-refractivity contribution >= 4 is 17.6 Å². The Bertz CT molecular complexity index is 469. The van der Waals surface area contributed by atoms with Crippen LogP contribution in [0.3, 0.4) is 0 Å². The van der Waals surface area contributed by atoms with Crippen LogP contribution in [0.1, 0.15) is 29.8 Å². The maximum Gasteiger partial charge on any atom is 0.326 e. The van der Waals surface area contributed by atoms with Crippen LogP contribution in [0.2, 0.25) is 0 Å². The van der Waals surface area contributed by atoms with Crippen LogP contribution in [-0.4, -0.2) is 23.0 Å². The van der Waals surface area contributed by atoms with Gasteiger partial charge in [0.15, 0.2) is 0 Å². The third-order valence-electron chi connectivity index (χ3n) is 2.67.